The number of carbonyl (C=O) groups is 2. The van der Waals surface area contributed by atoms with Crippen molar-refractivity contribution in [3.63, 3.8) is 0 Å². The second kappa shape index (κ2) is 12.6. The van der Waals surface area contributed by atoms with Gasteiger partial charge in [-0.05, 0) is 80.6 Å². The number of aromatic nitrogens is 3. The zero-order chi connectivity index (χ0) is 28.1. The van der Waals surface area contributed by atoms with E-state index in [0.29, 0.717) is 47.3 Å². The molecule has 0 unspecified atom stereocenters. The number of nitrogens with zero attached hydrogens (tertiary/aromatic N) is 6. The average molecular weight is 545 g/mol. The number of fused-ring (bicyclic) bond motifs is 1. The van der Waals surface area contributed by atoms with Crippen LogP contribution < -0.4 is 4.90 Å². The lowest BCUT2D eigenvalue weighted by atomic mass is 10.1. The molecule has 3 heterocycles. The SMILES string of the molecule is CC(C)CN1CCCN(C(=O)c2cnc(C3CC3)nc2)Cc2cc(F)ccc2N(C(=O)c2cccnc2)CCC1. The van der Waals surface area contributed by atoms with Gasteiger partial charge in [-0.1, -0.05) is 13.8 Å². The Labute approximate surface area is 235 Å². The lowest BCUT2D eigenvalue weighted by Gasteiger charge is -2.32. The van der Waals surface area contributed by atoms with E-state index in [4.69, 9.17) is 0 Å². The van der Waals surface area contributed by atoms with Gasteiger partial charge in [0.2, 0.25) is 0 Å². The van der Waals surface area contributed by atoms with Crippen LogP contribution in [-0.2, 0) is 6.54 Å². The van der Waals surface area contributed by atoms with Crippen LogP contribution in [0.25, 0.3) is 0 Å². The summed E-state index contributed by atoms with van der Waals surface area (Å²) in [4.78, 5) is 46.3. The lowest BCUT2D eigenvalue weighted by Crippen LogP contribution is -2.40. The molecule has 40 heavy (non-hydrogen) atoms. The van der Waals surface area contributed by atoms with Crippen LogP contribution >= 0.6 is 0 Å². The van der Waals surface area contributed by atoms with Gasteiger partial charge in [-0.25, -0.2) is 14.4 Å². The Morgan fingerprint density at radius 3 is 2.38 bits per heavy atom. The highest BCUT2D eigenvalue weighted by Crippen LogP contribution is 2.37. The van der Waals surface area contributed by atoms with Gasteiger partial charge < -0.3 is 14.7 Å². The first-order valence-electron chi connectivity index (χ1n) is 14.2. The Hall–Kier alpha value is -3.72. The minimum absolute atomic E-state index is 0.164. The van der Waals surface area contributed by atoms with Gasteiger partial charge in [0.05, 0.1) is 11.1 Å². The summed E-state index contributed by atoms with van der Waals surface area (Å²) < 4.78 is 14.6. The molecule has 2 aliphatic rings. The molecule has 0 radical (unpaired) electrons. The molecule has 5 rings (SSSR count). The maximum Gasteiger partial charge on any atom is 0.259 e. The topological polar surface area (TPSA) is 82.5 Å². The van der Waals surface area contributed by atoms with Gasteiger partial charge in [0.1, 0.15) is 11.6 Å². The molecule has 0 saturated heterocycles. The number of carbonyl (C=O) groups excluding carboxylic acids is 2. The van der Waals surface area contributed by atoms with E-state index in [1.54, 1.807) is 52.8 Å². The van der Waals surface area contributed by atoms with Crippen molar-refractivity contribution in [2.75, 3.05) is 37.6 Å². The number of pyridine rings is 1. The molecule has 0 spiro atoms. The Morgan fingerprint density at radius 2 is 1.70 bits per heavy atom. The highest BCUT2D eigenvalue weighted by molar-refractivity contribution is 6.06. The number of rotatable bonds is 5. The van der Waals surface area contributed by atoms with Gasteiger partial charge >= 0.3 is 0 Å². The minimum atomic E-state index is -0.410. The van der Waals surface area contributed by atoms with Crippen LogP contribution in [-0.4, -0.2) is 69.3 Å². The van der Waals surface area contributed by atoms with Crippen molar-refractivity contribution < 1.29 is 14.0 Å². The first-order chi connectivity index (χ1) is 19.4. The third-order valence-corrected chi connectivity index (χ3v) is 7.38. The van der Waals surface area contributed by atoms with E-state index in [0.717, 1.165) is 51.1 Å². The fraction of sp³-hybridized carbons (Fsp3) is 0.452. The van der Waals surface area contributed by atoms with Crippen molar-refractivity contribution in [2.45, 2.75) is 52.0 Å². The van der Waals surface area contributed by atoms with E-state index in [2.05, 4.69) is 33.7 Å². The van der Waals surface area contributed by atoms with E-state index in [-0.39, 0.29) is 18.4 Å². The van der Waals surface area contributed by atoms with E-state index in [1.165, 1.54) is 12.1 Å². The standard InChI is InChI=1S/C31H37FN6O2/c1-22(2)20-36-12-4-14-37(30(39)26-18-34-29(35-19-26)23-7-8-23)21-25-16-27(32)9-10-28(25)38(15-5-13-36)31(40)24-6-3-11-33-17-24/h3,6,9-11,16-19,22-23H,4-5,7-8,12-15,20-21H2,1-2H3. The van der Waals surface area contributed by atoms with Crippen LogP contribution in [0.3, 0.4) is 0 Å². The van der Waals surface area contributed by atoms with Gasteiger partial charge in [-0.3, -0.25) is 14.6 Å². The molecule has 2 aromatic heterocycles. The molecule has 8 nitrogen and oxygen atoms in total. The van der Waals surface area contributed by atoms with Gasteiger partial charge in [0.25, 0.3) is 11.8 Å². The van der Waals surface area contributed by atoms with E-state index in [9.17, 15) is 14.0 Å². The van der Waals surface area contributed by atoms with Crippen molar-refractivity contribution in [1.29, 1.82) is 0 Å². The highest BCUT2D eigenvalue weighted by atomic mass is 19.1. The molecular formula is C31H37FN6O2. The zero-order valence-corrected chi connectivity index (χ0v) is 23.3. The molecule has 210 valence electrons. The highest BCUT2D eigenvalue weighted by Gasteiger charge is 2.28. The zero-order valence-electron chi connectivity index (χ0n) is 23.3. The fourth-order valence-electron chi connectivity index (χ4n) is 5.31. The maximum absolute atomic E-state index is 14.6. The predicted octanol–water partition coefficient (Wildman–Crippen LogP) is 4.93. The Kier molecular flexibility index (Phi) is 8.79. The van der Waals surface area contributed by atoms with Crippen molar-refractivity contribution in [1.82, 2.24) is 24.8 Å². The van der Waals surface area contributed by atoms with Crippen LogP contribution in [0.1, 0.15) is 77.6 Å². The van der Waals surface area contributed by atoms with Crippen LogP contribution in [0.15, 0.2) is 55.1 Å². The molecule has 1 fully saturated rings. The summed E-state index contributed by atoms with van der Waals surface area (Å²) in [5, 5.41) is 0. The van der Waals surface area contributed by atoms with Gasteiger partial charge in [0, 0.05) is 62.6 Å². The number of anilines is 1. The summed E-state index contributed by atoms with van der Waals surface area (Å²) in [5.41, 5.74) is 2.06. The summed E-state index contributed by atoms with van der Waals surface area (Å²) in [6.07, 6.45) is 10.1. The molecule has 0 bridgehead atoms. The summed E-state index contributed by atoms with van der Waals surface area (Å²) in [5.74, 6) is 0.866. The third-order valence-electron chi connectivity index (χ3n) is 7.38. The van der Waals surface area contributed by atoms with Gasteiger partial charge in [0.15, 0.2) is 0 Å². The Bertz CT molecular complexity index is 1310. The first kappa shape index (κ1) is 27.8. The van der Waals surface area contributed by atoms with Gasteiger partial charge in [-0.15, -0.1) is 0 Å². The first-order valence-corrected chi connectivity index (χ1v) is 14.2. The number of hydrogen-bond acceptors (Lipinski definition) is 6. The number of amides is 2. The predicted molar refractivity (Wildman–Crippen MR) is 152 cm³/mol. The lowest BCUT2D eigenvalue weighted by molar-refractivity contribution is 0.0732. The number of halogens is 1. The number of hydrogen-bond donors (Lipinski definition) is 0. The van der Waals surface area contributed by atoms with Crippen LogP contribution in [0, 0.1) is 11.7 Å². The average Bonchev–Trinajstić information content (AvgIpc) is 3.80. The van der Waals surface area contributed by atoms with Crippen LogP contribution in [0.5, 0.6) is 0 Å². The second-order valence-corrected chi connectivity index (χ2v) is 11.2. The van der Waals surface area contributed by atoms with Crippen molar-refractivity contribution in [3.8, 4) is 0 Å². The van der Waals surface area contributed by atoms with Gasteiger partial charge in [-0.2, -0.15) is 0 Å². The fourth-order valence-corrected chi connectivity index (χ4v) is 5.31. The quantitative estimate of drug-likeness (QED) is 0.453. The molecule has 1 aromatic carbocycles. The van der Waals surface area contributed by atoms with E-state index >= 15 is 0 Å². The molecule has 3 aromatic rings. The smallest absolute Gasteiger partial charge is 0.259 e. The van der Waals surface area contributed by atoms with E-state index in [1.807, 2.05) is 0 Å². The number of benzene rings is 1. The van der Waals surface area contributed by atoms with Crippen LogP contribution in [0.2, 0.25) is 0 Å². The molecule has 1 aliphatic carbocycles. The Morgan fingerprint density at radius 1 is 0.950 bits per heavy atom. The summed E-state index contributed by atoms with van der Waals surface area (Å²) in [6.45, 7) is 8.08. The summed E-state index contributed by atoms with van der Waals surface area (Å²) in [6, 6.07) is 7.92. The Balaban J connectivity index is 1.49. The largest absolute Gasteiger partial charge is 0.334 e. The molecule has 1 aliphatic heterocycles. The molecule has 0 atom stereocenters. The molecule has 0 N–H and O–H groups in total. The summed E-state index contributed by atoms with van der Waals surface area (Å²) in [7, 11) is 0. The van der Waals surface area contributed by atoms with Crippen molar-refractivity contribution in [2.24, 2.45) is 5.92 Å². The molecule has 9 heteroatoms. The molecule has 1 saturated carbocycles. The monoisotopic (exact) mass is 544 g/mol. The minimum Gasteiger partial charge on any atom is -0.334 e. The molecule has 2 amide bonds. The normalized spacial score (nSPS) is 17.2. The van der Waals surface area contributed by atoms with Crippen molar-refractivity contribution >= 4 is 17.5 Å². The van der Waals surface area contributed by atoms with Crippen molar-refractivity contribution in [3.05, 3.63) is 83.5 Å². The molecular weight excluding hydrogens is 507 g/mol. The maximum atomic E-state index is 14.6. The third kappa shape index (κ3) is 6.88. The van der Waals surface area contributed by atoms with E-state index < -0.39 is 5.82 Å². The summed E-state index contributed by atoms with van der Waals surface area (Å²) >= 11 is 0. The van der Waals surface area contributed by atoms with Crippen LogP contribution in [0.4, 0.5) is 10.1 Å². The second-order valence-electron chi connectivity index (χ2n) is 11.2.